The fraction of sp³-hybridized carbons (Fsp3) is 0.235. The molecule has 2 N–H and O–H groups in total. The van der Waals surface area contributed by atoms with Gasteiger partial charge in [0.2, 0.25) is 5.60 Å². The van der Waals surface area contributed by atoms with Gasteiger partial charge < -0.3 is 15.2 Å². The predicted octanol–water partition coefficient (Wildman–Crippen LogP) is 2.88. The molecular formula is C17H16F3NO3. The molecule has 1 amide bonds. The molecule has 2 rings (SSSR count). The largest absolute Gasteiger partial charge is 0.496 e. The van der Waals surface area contributed by atoms with Crippen molar-refractivity contribution in [2.24, 2.45) is 0 Å². The van der Waals surface area contributed by atoms with E-state index in [4.69, 9.17) is 4.74 Å². The minimum Gasteiger partial charge on any atom is -0.496 e. The molecule has 0 radical (unpaired) electrons. The molecule has 0 heterocycles. The number of rotatable bonds is 5. The van der Waals surface area contributed by atoms with E-state index in [-0.39, 0.29) is 16.9 Å². The van der Waals surface area contributed by atoms with Crippen molar-refractivity contribution >= 4 is 5.91 Å². The Bertz CT molecular complexity index is 704. The molecule has 4 nitrogen and oxygen atoms in total. The fourth-order valence-corrected chi connectivity index (χ4v) is 2.22. The Morgan fingerprint density at radius 3 is 2.25 bits per heavy atom. The summed E-state index contributed by atoms with van der Waals surface area (Å²) in [5.74, 6) is -0.545. The van der Waals surface area contributed by atoms with Gasteiger partial charge in [0, 0.05) is 0 Å². The molecule has 24 heavy (non-hydrogen) atoms. The lowest BCUT2D eigenvalue weighted by atomic mass is 9.93. The summed E-state index contributed by atoms with van der Waals surface area (Å²) in [5.41, 5.74) is -3.46. The standard InChI is InChI=1S/C17H16F3NO3/c1-24-14-10-6-5-9-13(14)15(22)21-11-16(23,17(18,19)20)12-7-3-2-4-8-12/h2-10,23H,11H2,1H3,(H,21,22). The number of carbonyl (C=O) groups is 1. The average Bonchev–Trinajstić information content (AvgIpc) is 2.59. The van der Waals surface area contributed by atoms with Crippen LogP contribution in [0, 0.1) is 0 Å². The zero-order chi connectivity index (χ0) is 17.8. The quantitative estimate of drug-likeness (QED) is 0.881. The second-order valence-corrected chi connectivity index (χ2v) is 5.11. The number of amides is 1. The Hall–Kier alpha value is -2.54. The van der Waals surface area contributed by atoms with Crippen LogP contribution in [0.15, 0.2) is 54.6 Å². The van der Waals surface area contributed by atoms with Crippen molar-refractivity contribution in [3.8, 4) is 5.75 Å². The first-order valence-electron chi connectivity index (χ1n) is 7.05. The summed E-state index contributed by atoms with van der Waals surface area (Å²) >= 11 is 0. The first-order chi connectivity index (χ1) is 11.3. The number of methoxy groups -OCH3 is 1. The van der Waals surface area contributed by atoms with Crippen LogP contribution >= 0.6 is 0 Å². The molecule has 2 aromatic carbocycles. The van der Waals surface area contributed by atoms with Crippen molar-refractivity contribution in [2.45, 2.75) is 11.8 Å². The van der Waals surface area contributed by atoms with E-state index in [1.165, 1.54) is 37.4 Å². The summed E-state index contributed by atoms with van der Waals surface area (Å²) in [4.78, 5) is 12.2. The Morgan fingerprint density at radius 1 is 1.08 bits per heavy atom. The Kier molecular flexibility index (Phi) is 5.14. The van der Waals surface area contributed by atoms with E-state index >= 15 is 0 Å². The number of para-hydroxylation sites is 1. The second-order valence-electron chi connectivity index (χ2n) is 5.11. The van der Waals surface area contributed by atoms with Crippen LogP contribution in [0.5, 0.6) is 5.75 Å². The number of benzene rings is 2. The molecule has 1 atom stereocenters. The van der Waals surface area contributed by atoms with Gasteiger partial charge in [-0.15, -0.1) is 0 Å². The molecule has 0 aliphatic heterocycles. The highest BCUT2D eigenvalue weighted by Crippen LogP contribution is 2.38. The molecule has 2 aromatic rings. The van der Waals surface area contributed by atoms with Gasteiger partial charge in [-0.1, -0.05) is 42.5 Å². The normalized spacial score (nSPS) is 13.9. The maximum atomic E-state index is 13.4. The van der Waals surface area contributed by atoms with Gasteiger partial charge >= 0.3 is 6.18 Å². The summed E-state index contributed by atoms with van der Waals surface area (Å²) in [6.45, 7) is -1.02. The predicted molar refractivity (Wildman–Crippen MR) is 81.7 cm³/mol. The number of hydrogen-bond acceptors (Lipinski definition) is 3. The lowest BCUT2D eigenvalue weighted by Gasteiger charge is -2.31. The molecule has 0 saturated heterocycles. The Labute approximate surface area is 136 Å². The van der Waals surface area contributed by atoms with Crippen LogP contribution in [-0.4, -0.2) is 30.8 Å². The molecule has 7 heteroatoms. The lowest BCUT2D eigenvalue weighted by molar-refractivity contribution is -0.263. The molecule has 0 aromatic heterocycles. The zero-order valence-corrected chi connectivity index (χ0v) is 12.8. The van der Waals surface area contributed by atoms with Crippen molar-refractivity contribution in [2.75, 3.05) is 13.7 Å². The molecule has 0 spiro atoms. The minimum absolute atomic E-state index is 0.0811. The minimum atomic E-state index is -4.96. The highest BCUT2D eigenvalue weighted by Gasteiger charge is 2.55. The molecule has 0 bridgehead atoms. The van der Waals surface area contributed by atoms with Crippen LogP contribution in [0.2, 0.25) is 0 Å². The van der Waals surface area contributed by atoms with Gasteiger partial charge in [0.05, 0.1) is 19.2 Å². The van der Waals surface area contributed by atoms with E-state index in [2.05, 4.69) is 5.32 Å². The number of ether oxygens (including phenoxy) is 1. The lowest BCUT2D eigenvalue weighted by Crippen LogP contribution is -2.51. The van der Waals surface area contributed by atoms with Crippen LogP contribution in [0.1, 0.15) is 15.9 Å². The molecule has 0 aliphatic carbocycles. The van der Waals surface area contributed by atoms with Gasteiger partial charge in [-0.2, -0.15) is 13.2 Å². The third kappa shape index (κ3) is 3.51. The number of aliphatic hydroxyl groups is 1. The highest BCUT2D eigenvalue weighted by atomic mass is 19.4. The van der Waals surface area contributed by atoms with Gasteiger partial charge in [0.1, 0.15) is 5.75 Å². The smallest absolute Gasteiger partial charge is 0.423 e. The summed E-state index contributed by atoms with van der Waals surface area (Å²) in [6.07, 6.45) is -4.96. The van der Waals surface area contributed by atoms with Crippen LogP contribution in [0.25, 0.3) is 0 Å². The summed E-state index contributed by atoms with van der Waals surface area (Å²) in [6, 6.07) is 12.7. The van der Waals surface area contributed by atoms with Crippen molar-refractivity contribution in [3.63, 3.8) is 0 Å². The van der Waals surface area contributed by atoms with Gasteiger partial charge in [0.15, 0.2) is 0 Å². The Balaban J connectivity index is 2.25. The molecule has 0 saturated carbocycles. The van der Waals surface area contributed by atoms with E-state index in [1.54, 1.807) is 12.1 Å². The van der Waals surface area contributed by atoms with E-state index in [1.807, 2.05) is 0 Å². The number of carbonyl (C=O) groups excluding carboxylic acids is 1. The second kappa shape index (κ2) is 6.92. The first-order valence-corrected chi connectivity index (χ1v) is 7.05. The van der Waals surface area contributed by atoms with Crippen LogP contribution in [0.4, 0.5) is 13.2 Å². The van der Waals surface area contributed by atoms with E-state index < -0.39 is 24.2 Å². The zero-order valence-electron chi connectivity index (χ0n) is 12.8. The van der Waals surface area contributed by atoms with Crippen molar-refractivity contribution < 1.29 is 27.8 Å². The van der Waals surface area contributed by atoms with Crippen LogP contribution in [-0.2, 0) is 5.60 Å². The van der Waals surface area contributed by atoms with Gasteiger partial charge in [-0.25, -0.2) is 0 Å². The summed E-state index contributed by atoms with van der Waals surface area (Å²) < 4.78 is 45.1. The van der Waals surface area contributed by atoms with Crippen molar-refractivity contribution in [1.82, 2.24) is 5.32 Å². The number of hydrogen-bond donors (Lipinski definition) is 2. The molecule has 1 unspecified atom stereocenters. The van der Waals surface area contributed by atoms with Crippen LogP contribution < -0.4 is 10.1 Å². The number of halogens is 3. The first kappa shape index (κ1) is 17.8. The molecular weight excluding hydrogens is 323 g/mol. The number of nitrogens with one attached hydrogen (secondary N) is 1. The molecule has 0 fully saturated rings. The van der Waals surface area contributed by atoms with Gasteiger partial charge in [-0.3, -0.25) is 4.79 Å². The topological polar surface area (TPSA) is 58.6 Å². The van der Waals surface area contributed by atoms with Gasteiger partial charge in [-0.05, 0) is 17.7 Å². The van der Waals surface area contributed by atoms with Crippen LogP contribution in [0.3, 0.4) is 0 Å². The Morgan fingerprint density at radius 2 is 1.67 bits per heavy atom. The van der Waals surface area contributed by atoms with E-state index in [0.717, 1.165) is 12.1 Å². The summed E-state index contributed by atoms with van der Waals surface area (Å²) in [5, 5.41) is 12.3. The molecule has 128 valence electrons. The van der Waals surface area contributed by atoms with Crippen molar-refractivity contribution in [3.05, 3.63) is 65.7 Å². The monoisotopic (exact) mass is 339 g/mol. The SMILES string of the molecule is COc1ccccc1C(=O)NCC(O)(c1ccccc1)C(F)(F)F. The maximum absolute atomic E-state index is 13.4. The van der Waals surface area contributed by atoms with E-state index in [0.29, 0.717) is 0 Å². The van der Waals surface area contributed by atoms with Crippen molar-refractivity contribution in [1.29, 1.82) is 0 Å². The highest BCUT2D eigenvalue weighted by molar-refractivity contribution is 5.96. The van der Waals surface area contributed by atoms with Gasteiger partial charge in [0.25, 0.3) is 5.91 Å². The maximum Gasteiger partial charge on any atom is 0.423 e. The third-order valence-electron chi connectivity index (χ3n) is 3.58. The molecule has 0 aliphatic rings. The van der Waals surface area contributed by atoms with E-state index in [9.17, 15) is 23.1 Å². The average molecular weight is 339 g/mol. The third-order valence-corrected chi connectivity index (χ3v) is 3.58. The fourth-order valence-electron chi connectivity index (χ4n) is 2.22. The summed E-state index contributed by atoms with van der Waals surface area (Å²) in [7, 11) is 1.35. The number of alkyl halides is 3.